The summed E-state index contributed by atoms with van der Waals surface area (Å²) >= 11 is 7.01. The van der Waals surface area contributed by atoms with Crippen molar-refractivity contribution >= 4 is 23.6 Å². The highest BCUT2D eigenvalue weighted by Gasteiger charge is 2.38. The Hall–Kier alpha value is -0.793. The monoisotopic (exact) mass is 248 g/mol. The summed E-state index contributed by atoms with van der Waals surface area (Å²) in [6.07, 6.45) is 9.90. The maximum atomic E-state index is 7.01. The molecule has 0 saturated heterocycles. The van der Waals surface area contributed by atoms with Crippen LogP contribution in [0.15, 0.2) is 54.6 Å². The van der Waals surface area contributed by atoms with Gasteiger partial charge in [-0.25, -0.2) is 0 Å². The van der Waals surface area contributed by atoms with Gasteiger partial charge in [0.25, 0.3) is 0 Å². The molecule has 1 aliphatic carbocycles. The van der Waals surface area contributed by atoms with E-state index in [-0.39, 0.29) is 0 Å². The largest absolute Gasteiger partial charge is 0.197 e. The van der Waals surface area contributed by atoms with Crippen LogP contribution in [0.25, 0.3) is 0 Å². The van der Waals surface area contributed by atoms with Gasteiger partial charge in [-0.05, 0) is 11.2 Å². The molecule has 1 atom stereocenters. The maximum Gasteiger partial charge on any atom is 0.197 e. The van der Waals surface area contributed by atoms with Crippen molar-refractivity contribution in [3.05, 3.63) is 54.6 Å². The van der Waals surface area contributed by atoms with Crippen molar-refractivity contribution in [2.45, 2.75) is 24.9 Å². The fraction of sp³-hybridized carbons (Fsp3) is 0.286. The smallest absolute Gasteiger partial charge is 0.160 e. The summed E-state index contributed by atoms with van der Waals surface area (Å²) in [6.45, 7) is 2.22. The topological polar surface area (TPSA) is 0 Å². The van der Waals surface area contributed by atoms with Gasteiger partial charge in [0.05, 0.1) is 0 Å². The van der Waals surface area contributed by atoms with Crippen LogP contribution in [-0.4, -0.2) is 7.38 Å². The molecule has 0 nitrogen and oxygen atoms in total. The van der Waals surface area contributed by atoms with Crippen LogP contribution in [-0.2, 0) is 0 Å². The van der Waals surface area contributed by atoms with E-state index in [1.54, 1.807) is 0 Å². The highest BCUT2D eigenvalue weighted by molar-refractivity contribution is 7.28. The number of hydrogen-bond donors (Lipinski definition) is 0. The summed E-state index contributed by atoms with van der Waals surface area (Å²) in [5, 5.41) is 1.36. The third-order valence-corrected chi connectivity index (χ3v) is 9.08. The molecule has 1 aromatic carbocycles. The fourth-order valence-corrected chi connectivity index (χ4v) is 7.01. The number of halogens is 1. The van der Waals surface area contributed by atoms with Gasteiger partial charge >= 0.3 is 0 Å². The summed E-state index contributed by atoms with van der Waals surface area (Å²) in [5.41, 5.74) is 0.455. The SMILES string of the molecule is CCC[Si](Cl)(c1ccccc1)C1C=CC=C1. The number of hydrogen-bond acceptors (Lipinski definition) is 0. The second-order valence-corrected chi connectivity index (χ2v) is 9.77. The summed E-state index contributed by atoms with van der Waals surface area (Å²) in [4.78, 5) is 0. The average Bonchev–Trinajstić information content (AvgIpc) is 2.84. The van der Waals surface area contributed by atoms with Gasteiger partial charge in [-0.3, -0.25) is 0 Å². The molecule has 1 aromatic rings. The van der Waals surface area contributed by atoms with Crippen molar-refractivity contribution in [3.63, 3.8) is 0 Å². The molecular weight excluding hydrogens is 232 g/mol. The minimum absolute atomic E-state index is 0.455. The first-order valence-electron chi connectivity index (χ1n) is 5.87. The van der Waals surface area contributed by atoms with Crippen LogP contribution in [0.4, 0.5) is 0 Å². The first-order valence-corrected chi connectivity index (χ1v) is 9.16. The van der Waals surface area contributed by atoms with Gasteiger partial charge in [0.15, 0.2) is 7.38 Å². The Balaban J connectivity index is 2.35. The van der Waals surface area contributed by atoms with E-state index in [0.717, 1.165) is 12.5 Å². The van der Waals surface area contributed by atoms with Crippen LogP contribution in [0.2, 0.25) is 11.6 Å². The van der Waals surface area contributed by atoms with Crippen LogP contribution < -0.4 is 5.19 Å². The number of benzene rings is 1. The molecule has 0 amide bonds. The lowest BCUT2D eigenvalue weighted by Gasteiger charge is -2.29. The molecule has 1 aliphatic rings. The molecule has 0 radical (unpaired) electrons. The van der Waals surface area contributed by atoms with Crippen LogP contribution in [0, 0.1) is 0 Å². The molecule has 16 heavy (non-hydrogen) atoms. The number of allylic oxidation sites excluding steroid dienone is 4. The molecule has 2 rings (SSSR count). The molecule has 0 saturated carbocycles. The van der Waals surface area contributed by atoms with Crippen LogP contribution in [0.3, 0.4) is 0 Å². The zero-order valence-corrected chi connectivity index (χ0v) is 11.3. The van der Waals surface area contributed by atoms with Crippen molar-refractivity contribution in [1.29, 1.82) is 0 Å². The highest BCUT2D eigenvalue weighted by atomic mass is 35.6. The van der Waals surface area contributed by atoms with E-state index in [2.05, 4.69) is 61.6 Å². The Bertz CT molecular complexity index is 384. The summed E-state index contributed by atoms with van der Waals surface area (Å²) in [7, 11) is -1.89. The van der Waals surface area contributed by atoms with Crippen LogP contribution in [0.1, 0.15) is 13.3 Å². The minimum atomic E-state index is -1.89. The second kappa shape index (κ2) is 5.02. The van der Waals surface area contributed by atoms with Gasteiger partial charge in [-0.1, -0.05) is 68.0 Å². The molecule has 2 heteroatoms. The molecule has 0 spiro atoms. The van der Waals surface area contributed by atoms with Gasteiger partial charge in [0.2, 0.25) is 0 Å². The molecule has 0 heterocycles. The molecule has 0 bridgehead atoms. The van der Waals surface area contributed by atoms with Crippen molar-refractivity contribution in [1.82, 2.24) is 0 Å². The summed E-state index contributed by atoms with van der Waals surface area (Å²) in [5.74, 6) is 0. The van der Waals surface area contributed by atoms with Gasteiger partial charge in [0, 0.05) is 5.54 Å². The lowest BCUT2D eigenvalue weighted by molar-refractivity contribution is 1.04. The first kappa shape index (κ1) is 11.7. The third-order valence-electron chi connectivity index (χ3n) is 3.14. The number of rotatable bonds is 4. The fourth-order valence-electron chi connectivity index (χ4n) is 2.32. The first-order chi connectivity index (χ1) is 7.77. The van der Waals surface area contributed by atoms with E-state index in [0.29, 0.717) is 5.54 Å². The van der Waals surface area contributed by atoms with Crippen molar-refractivity contribution in [3.8, 4) is 0 Å². The van der Waals surface area contributed by atoms with E-state index in [1.807, 2.05) is 0 Å². The predicted molar refractivity (Wildman–Crippen MR) is 74.8 cm³/mol. The van der Waals surface area contributed by atoms with Crippen LogP contribution in [0.5, 0.6) is 0 Å². The molecule has 0 aromatic heterocycles. The van der Waals surface area contributed by atoms with Crippen molar-refractivity contribution < 1.29 is 0 Å². The predicted octanol–water partition coefficient (Wildman–Crippen LogP) is 3.98. The quantitative estimate of drug-likeness (QED) is 0.559. The van der Waals surface area contributed by atoms with E-state index in [9.17, 15) is 0 Å². The zero-order valence-electron chi connectivity index (χ0n) is 9.57. The molecule has 84 valence electrons. The Morgan fingerprint density at radius 1 is 1.12 bits per heavy atom. The standard InChI is InChI=1S/C14H17ClSi/c1-2-12-16(15,14-10-6-7-11-14)13-8-4-3-5-9-13/h3-11,14H,2,12H2,1H3. The zero-order chi connectivity index (χ0) is 11.4. The summed E-state index contributed by atoms with van der Waals surface area (Å²) in [6, 6.07) is 11.8. The van der Waals surface area contributed by atoms with Crippen molar-refractivity contribution in [2.24, 2.45) is 0 Å². The van der Waals surface area contributed by atoms with E-state index in [4.69, 9.17) is 11.1 Å². The lowest BCUT2D eigenvalue weighted by Crippen LogP contribution is -2.45. The molecule has 1 unspecified atom stereocenters. The molecule has 0 aliphatic heterocycles. The Morgan fingerprint density at radius 3 is 2.31 bits per heavy atom. The molecule has 0 N–H and O–H groups in total. The Morgan fingerprint density at radius 2 is 1.75 bits per heavy atom. The van der Waals surface area contributed by atoms with Crippen molar-refractivity contribution in [2.75, 3.05) is 0 Å². The molecule has 0 fully saturated rings. The average molecular weight is 249 g/mol. The normalized spacial score (nSPS) is 18.9. The Labute approximate surface area is 103 Å². The van der Waals surface area contributed by atoms with Crippen LogP contribution >= 0.6 is 11.1 Å². The Kier molecular flexibility index (Phi) is 3.67. The maximum absolute atomic E-state index is 7.01. The van der Waals surface area contributed by atoms with E-state index in [1.165, 1.54) is 5.19 Å². The highest BCUT2D eigenvalue weighted by Crippen LogP contribution is 2.35. The lowest BCUT2D eigenvalue weighted by atomic mass is 10.4. The van der Waals surface area contributed by atoms with Gasteiger partial charge in [-0.15, -0.1) is 0 Å². The van der Waals surface area contributed by atoms with E-state index < -0.39 is 7.38 Å². The third kappa shape index (κ3) is 2.16. The molecular formula is C14H17ClSi. The van der Waals surface area contributed by atoms with Gasteiger partial charge in [0.1, 0.15) is 0 Å². The van der Waals surface area contributed by atoms with Gasteiger partial charge < -0.3 is 0 Å². The summed E-state index contributed by atoms with van der Waals surface area (Å²) < 4.78 is 0. The minimum Gasteiger partial charge on any atom is -0.160 e. The van der Waals surface area contributed by atoms with E-state index >= 15 is 0 Å². The second-order valence-electron chi connectivity index (χ2n) is 4.27. The van der Waals surface area contributed by atoms with Gasteiger partial charge in [-0.2, -0.15) is 11.1 Å².